The van der Waals surface area contributed by atoms with Crippen molar-refractivity contribution in [3.8, 4) is 0 Å². The summed E-state index contributed by atoms with van der Waals surface area (Å²) >= 11 is 0. The van der Waals surface area contributed by atoms with Gasteiger partial charge in [0.25, 0.3) is 0 Å². The van der Waals surface area contributed by atoms with E-state index < -0.39 is 21.8 Å². The quantitative estimate of drug-likeness (QED) is 0.452. The van der Waals surface area contributed by atoms with Crippen molar-refractivity contribution >= 4 is 21.8 Å². The topological polar surface area (TPSA) is 0 Å². The molecule has 0 unspecified atom stereocenters. The third-order valence-electron chi connectivity index (χ3n) is 0.354. The zero-order chi connectivity index (χ0) is 17.6. The van der Waals surface area contributed by atoms with Gasteiger partial charge in [0.1, 0.15) is 0 Å². The van der Waals surface area contributed by atoms with E-state index in [0.29, 0.717) is 0 Å². The minimum Gasteiger partial charge on any atom is -1.00 e. The average Bonchev–Trinajstić information content (AvgIpc) is 2.80. The van der Waals surface area contributed by atoms with Crippen LogP contribution >= 0.6 is 0 Å². The first-order chi connectivity index (χ1) is 8.50. The minimum atomic E-state index is -6.00. The Morgan fingerprint density at radius 2 is 0.524 bits per heavy atom. The van der Waals surface area contributed by atoms with Gasteiger partial charge < -0.3 is 53.2 Å². The Kier molecular flexibility index (Phi) is 27.7. The first kappa shape index (κ1) is 33.6. The summed E-state index contributed by atoms with van der Waals surface area (Å²) in [6.07, 6.45) is 4.50. The fourth-order valence-electron chi connectivity index (χ4n) is 0. The van der Waals surface area contributed by atoms with E-state index in [2.05, 4.69) is 0 Å². The van der Waals surface area contributed by atoms with Gasteiger partial charge in [-0.15, -0.1) is 0 Å². The molecule has 0 saturated heterocycles. The van der Waals surface area contributed by atoms with Crippen molar-refractivity contribution in [3.63, 3.8) is 0 Å². The Hall–Kier alpha value is 0.991. The molecule has 0 aromatic heterocycles. The van der Waals surface area contributed by atoms with Gasteiger partial charge in [-0.05, 0) is 0 Å². The Balaban J connectivity index is -0.0000000366. The fraction of sp³-hybridized carbons (Fsp3) is 1.00. The second-order valence-corrected chi connectivity index (χ2v) is 2.55. The first-order valence-electron chi connectivity index (χ1n) is 5.12. The Morgan fingerprint density at radius 1 is 0.476 bits per heavy atom. The molecule has 1 fully saturated rings. The first-order valence-corrected chi connectivity index (χ1v) is 5.12. The normalized spacial score (nSPS) is 12.3. The van der Waals surface area contributed by atoms with Crippen LogP contribution in [0.5, 0.6) is 0 Å². The number of hydrogen-bond donors (Lipinski definition) is 0. The molecular weight excluding hydrogens is 360 g/mol. The van der Waals surface area contributed by atoms with E-state index in [1.807, 2.05) is 13.8 Å². The van der Waals surface area contributed by atoms with Gasteiger partial charge in [0.2, 0.25) is 0 Å². The molecular formula is C5H13B3F12K-3. The minimum absolute atomic E-state index is 0. The van der Waals surface area contributed by atoms with Crippen molar-refractivity contribution in [1.29, 1.82) is 0 Å². The third-order valence-corrected chi connectivity index (χ3v) is 0.354. The van der Waals surface area contributed by atoms with Gasteiger partial charge in [-0.1, -0.05) is 33.1 Å². The van der Waals surface area contributed by atoms with Gasteiger partial charge in [-0.25, -0.2) is 0 Å². The van der Waals surface area contributed by atoms with E-state index in [1.54, 1.807) is 0 Å². The van der Waals surface area contributed by atoms with Gasteiger partial charge in [0.05, 0.1) is 0 Å². The summed E-state index contributed by atoms with van der Waals surface area (Å²) in [7, 11) is -18.0. The summed E-state index contributed by atoms with van der Waals surface area (Å²) in [5.41, 5.74) is 0. The molecule has 0 heterocycles. The zero-order valence-electron chi connectivity index (χ0n) is 12.4. The molecule has 0 radical (unpaired) electrons. The van der Waals surface area contributed by atoms with Gasteiger partial charge in [0.15, 0.2) is 0 Å². The van der Waals surface area contributed by atoms with E-state index in [-0.39, 0.29) is 52.8 Å². The SMILES string of the molecule is C1CC1.CC.F[B-](F)(F)F.F[B-](F)(F)F.F[B-](F)(F)F.[H-].[K+]. The monoisotopic (exact) mass is 373 g/mol. The summed E-state index contributed by atoms with van der Waals surface area (Å²) in [5.74, 6) is 0. The molecule has 1 rings (SSSR count). The summed E-state index contributed by atoms with van der Waals surface area (Å²) in [5, 5.41) is 0. The van der Waals surface area contributed by atoms with Crippen LogP contribution in [0.15, 0.2) is 0 Å². The number of halogens is 12. The van der Waals surface area contributed by atoms with Crippen LogP contribution in [0.25, 0.3) is 0 Å². The van der Waals surface area contributed by atoms with Crippen LogP contribution < -0.4 is 51.4 Å². The average molecular weight is 373 g/mol. The largest absolute Gasteiger partial charge is 1.00 e. The summed E-state index contributed by atoms with van der Waals surface area (Å²) in [4.78, 5) is 0. The maximum atomic E-state index is 9.75. The smallest absolute Gasteiger partial charge is 1.00 e. The van der Waals surface area contributed by atoms with Crippen molar-refractivity contribution in [1.82, 2.24) is 0 Å². The predicted octanol–water partition coefficient (Wildman–Crippen LogP) is 3.21. The standard InChI is InChI=1S/C3H6.C2H6.3BF4.K.H/c1-2-3-1;1-2;3*2-1(3,4)5;;/h1-3H2;1-2H3;;;;;/q;;3*-1;+1;-1. The van der Waals surface area contributed by atoms with Gasteiger partial charge in [-0.2, -0.15) is 0 Å². The van der Waals surface area contributed by atoms with Crippen LogP contribution in [-0.2, 0) is 0 Å². The number of hydrogen-bond acceptors (Lipinski definition) is 0. The summed E-state index contributed by atoms with van der Waals surface area (Å²) < 4.78 is 117. The van der Waals surface area contributed by atoms with Gasteiger partial charge >= 0.3 is 73.1 Å². The molecule has 0 nitrogen and oxygen atoms in total. The van der Waals surface area contributed by atoms with Crippen LogP contribution in [0.4, 0.5) is 51.8 Å². The molecule has 1 saturated carbocycles. The van der Waals surface area contributed by atoms with Gasteiger partial charge in [-0.3, -0.25) is 0 Å². The number of rotatable bonds is 0. The second-order valence-electron chi connectivity index (χ2n) is 2.55. The molecule has 0 aromatic rings. The predicted molar refractivity (Wildman–Crippen MR) is 56.9 cm³/mol. The van der Waals surface area contributed by atoms with Crippen LogP contribution in [0.1, 0.15) is 34.5 Å². The molecule has 0 aromatic carbocycles. The maximum Gasteiger partial charge on any atom is 1.00 e. The van der Waals surface area contributed by atoms with Crippen LogP contribution in [0.2, 0.25) is 0 Å². The third kappa shape index (κ3) is 1910. The van der Waals surface area contributed by atoms with E-state index in [4.69, 9.17) is 0 Å². The molecule has 0 atom stereocenters. The molecule has 0 spiro atoms. The molecule has 21 heavy (non-hydrogen) atoms. The van der Waals surface area contributed by atoms with Crippen LogP contribution in [0.3, 0.4) is 0 Å². The van der Waals surface area contributed by atoms with E-state index in [9.17, 15) is 51.8 Å². The van der Waals surface area contributed by atoms with E-state index in [1.165, 1.54) is 19.3 Å². The van der Waals surface area contributed by atoms with E-state index >= 15 is 0 Å². The van der Waals surface area contributed by atoms with Crippen molar-refractivity contribution < 1.29 is 105 Å². The van der Waals surface area contributed by atoms with Crippen molar-refractivity contribution in [2.75, 3.05) is 0 Å². The molecule has 130 valence electrons. The Bertz CT molecular complexity index is 143. The Morgan fingerprint density at radius 3 is 0.524 bits per heavy atom. The fourth-order valence-corrected chi connectivity index (χ4v) is 0. The summed E-state index contributed by atoms with van der Waals surface area (Å²) in [6, 6.07) is 0. The molecule has 0 bridgehead atoms. The molecule has 0 amide bonds. The van der Waals surface area contributed by atoms with Crippen molar-refractivity contribution in [3.05, 3.63) is 0 Å². The molecule has 1 aliphatic rings. The van der Waals surface area contributed by atoms with Gasteiger partial charge in [0, 0.05) is 0 Å². The van der Waals surface area contributed by atoms with Crippen LogP contribution in [0, 0.1) is 0 Å². The Labute approximate surface area is 158 Å². The molecule has 0 N–H and O–H groups in total. The summed E-state index contributed by atoms with van der Waals surface area (Å²) in [6.45, 7) is 4.00. The zero-order valence-corrected chi connectivity index (χ0v) is 14.5. The molecule has 0 aliphatic heterocycles. The maximum absolute atomic E-state index is 9.75. The van der Waals surface area contributed by atoms with Crippen LogP contribution in [-0.4, -0.2) is 21.8 Å². The van der Waals surface area contributed by atoms with Crippen molar-refractivity contribution in [2.24, 2.45) is 0 Å². The molecule has 1 aliphatic carbocycles. The van der Waals surface area contributed by atoms with E-state index in [0.717, 1.165) is 0 Å². The second kappa shape index (κ2) is 17.3. The molecule has 16 heteroatoms. The van der Waals surface area contributed by atoms with Crippen molar-refractivity contribution in [2.45, 2.75) is 33.1 Å².